The van der Waals surface area contributed by atoms with Crippen molar-refractivity contribution in [3.05, 3.63) is 75.4 Å². The number of hydrogen-bond acceptors (Lipinski definition) is 3. The van der Waals surface area contributed by atoms with Gasteiger partial charge >= 0.3 is 0 Å². The Morgan fingerprint density at radius 2 is 1.92 bits per heavy atom. The number of benzene rings is 2. The van der Waals surface area contributed by atoms with E-state index in [2.05, 4.69) is 0 Å². The SMILES string of the molecule is O=C1/C(=C\c2c(F)cccc2Cl)SC(=S)N1CCc1ccccc1. The molecule has 1 aliphatic heterocycles. The van der Waals surface area contributed by atoms with Crippen LogP contribution in [0.4, 0.5) is 4.39 Å². The molecule has 0 unspecified atom stereocenters. The van der Waals surface area contributed by atoms with E-state index in [9.17, 15) is 9.18 Å². The van der Waals surface area contributed by atoms with Crippen LogP contribution in [0.15, 0.2) is 53.4 Å². The lowest BCUT2D eigenvalue weighted by molar-refractivity contribution is -0.122. The Balaban J connectivity index is 1.78. The van der Waals surface area contributed by atoms with Gasteiger partial charge in [-0.05, 0) is 30.2 Å². The number of halogens is 2. The van der Waals surface area contributed by atoms with Crippen LogP contribution < -0.4 is 0 Å². The molecule has 0 spiro atoms. The molecule has 0 aromatic heterocycles. The van der Waals surface area contributed by atoms with E-state index in [0.29, 0.717) is 22.2 Å². The smallest absolute Gasteiger partial charge is 0.266 e. The van der Waals surface area contributed by atoms with Crippen molar-refractivity contribution in [1.29, 1.82) is 0 Å². The third-order valence-electron chi connectivity index (χ3n) is 3.62. The van der Waals surface area contributed by atoms with E-state index in [1.54, 1.807) is 11.0 Å². The largest absolute Gasteiger partial charge is 0.293 e. The van der Waals surface area contributed by atoms with Crippen molar-refractivity contribution >= 4 is 51.9 Å². The number of nitrogens with zero attached hydrogens (tertiary/aromatic N) is 1. The van der Waals surface area contributed by atoms with Crippen LogP contribution in [0, 0.1) is 5.82 Å². The minimum absolute atomic E-state index is 0.208. The molecule has 2 aromatic carbocycles. The van der Waals surface area contributed by atoms with Crippen molar-refractivity contribution in [1.82, 2.24) is 4.90 Å². The first-order chi connectivity index (χ1) is 11.6. The van der Waals surface area contributed by atoms with E-state index < -0.39 is 5.82 Å². The molecular formula is C18H13ClFNOS2. The van der Waals surface area contributed by atoms with Crippen molar-refractivity contribution in [3.63, 3.8) is 0 Å². The molecule has 6 heteroatoms. The second-order valence-corrected chi connectivity index (χ2v) is 7.29. The lowest BCUT2D eigenvalue weighted by atomic mass is 10.1. The molecule has 1 aliphatic rings. The topological polar surface area (TPSA) is 20.3 Å². The monoisotopic (exact) mass is 377 g/mol. The molecule has 1 fully saturated rings. The van der Waals surface area contributed by atoms with Gasteiger partial charge in [-0.25, -0.2) is 4.39 Å². The van der Waals surface area contributed by atoms with Crippen molar-refractivity contribution in [2.24, 2.45) is 0 Å². The van der Waals surface area contributed by atoms with Gasteiger partial charge in [0.1, 0.15) is 10.1 Å². The highest BCUT2D eigenvalue weighted by Crippen LogP contribution is 2.34. The standard InChI is InChI=1S/C18H13ClFNOS2/c19-14-7-4-8-15(20)13(14)11-16-17(22)21(18(23)24-16)10-9-12-5-2-1-3-6-12/h1-8,11H,9-10H2/b16-11+. The Morgan fingerprint density at radius 3 is 2.62 bits per heavy atom. The summed E-state index contributed by atoms with van der Waals surface area (Å²) in [6.07, 6.45) is 2.18. The zero-order valence-electron chi connectivity index (χ0n) is 12.5. The van der Waals surface area contributed by atoms with Gasteiger partial charge in [0.2, 0.25) is 0 Å². The van der Waals surface area contributed by atoms with Crippen LogP contribution in [0.3, 0.4) is 0 Å². The molecule has 2 nitrogen and oxygen atoms in total. The average molecular weight is 378 g/mol. The Kier molecular flexibility index (Phi) is 5.33. The third-order valence-corrected chi connectivity index (χ3v) is 5.32. The van der Waals surface area contributed by atoms with Crippen molar-refractivity contribution in [3.8, 4) is 0 Å². The van der Waals surface area contributed by atoms with E-state index >= 15 is 0 Å². The molecule has 0 aliphatic carbocycles. The average Bonchev–Trinajstić information content (AvgIpc) is 2.84. The molecule has 1 amide bonds. The summed E-state index contributed by atoms with van der Waals surface area (Å²) in [5.41, 5.74) is 1.34. The van der Waals surface area contributed by atoms with Crippen LogP contribution in [0.2, 0.25) is 5.02 Å². The predicted molar refractivity (Wildman–Crippen MR) is 101 cm³/mol. The number of thiocarbonyl (C=S) groups is 1. The van der Waals surface area contributed by atoms with Crippen LogP contribution in [0.1, 0.15) is 11.1 Å². The minimum atomic E-state index is -0.461. The molecule has 2 aromatic rings. The van der Waals surface area contributed by atoms with Crippen LogP contribution in [0.25, 0.3) is 6.08 Å². The normalized spacial score (nSPS) is 16.2. The minimum Gasteiger partial charge on any atom is -0.293 e. The lowest BCUT2D eigenvalue weighted by Crippen LogP contribution is -2.30. The molecule has 122 valence electrons. The molecular weight excluding hydrogens is 365 g/mol. The summed E-state index contributed by atoms with van der Waals surface area (Å²) >= 11 is 12.5. The number of rotatable bonds is 4. The van der Waals surface area contributed by atoms with Crippen molar-refractivity contribution in [2.45, 2.75) is 6.42 Å². The fourth-order valence-corrected chi connectivity index (χ4v) is 3.87. The summed E-state index contributed by atoms with van der Waals surface area (Å²) < 4.78 is 14.4. The van der Waals surface area contributed by atoms with E-state index in [-0.39, 0.29) is 16.5 Å². The first kappa shape index (κ1) is 17.1. The number of amides is 1. The molecule has 0 atom stereocenters. The van der Waals surface area contributed by atoms with Crippen molar-refractivity contribution < 1.29 is 9.18 Å². The summed E-state index contributed by atoms with van der Waals surface area (Å²) in [4.78, 5) is 14.5. The van der Waals surface area contributed by atoms with Gasteiger partial charge in [0.25, 0.3) is 5.91 Å². The number of thioether (sulfide) groups is 1. The number of carbonyl (C=O) groups is 1. The zero-order chi connectivity index (χ0) is 17.1. The Hall–Kier alpha value is -1.69. The molecule has 3 rings (SSSR count). The first-order valence-electron chi connectivity index (χ1n) is 7.29. The second-order valence-electron chi connectivity index (χ2n) is 5.20. The molecule has 24 heavy (non-hydrogen) atoms. The summed E-state index contributed by atoms with van der Waals surface area (Å²) in [6.45, 7) is 0.497. The third kappa shape index (κ3) is 3.69. The highest BCUT2D eigenvalue weighted by Gasteiger charge is 2.32. The van der Waals surface area contributed by atoms with Crippen LogP contribution >= 0.6 is 35.6 Å². The fourth-order valence-electron chi connectivity index (χ4n) is 2.36. The maximum absolute atomic E-state index is 13.9. The quantitative estimate of drug-likeness (QED) is 0.557. The van der Waals surface area contributed by atoms with Gasteiger partial charge in [-0.3, -0.25) is 9.69 Å². The highest BCUT2D eigenvalue weighted by molar-refractivity contribution is 8.26. The highest BCUT2D eigenvalue weighted by atomic mass is 35.5. The van der Waals surface area contributed by atoms with Gasteiger partial charge in [0, 0.05) is 12.1 Å². The summed E-state index contributed by atoms with van der Waals surface area (Å²) in [6, 6.07) is 14.3. The van der Waals surface area contributed by atoms with E-state index in [0.717, 1.165) is 5.56 Å². The fraction of sp³-hybridized carbons (Fsp3) is 0.111. The summed E-state index contributed by atoms with van der Waals surface area (Å²) in [5, 5.41) is 0.268. The van der Waals surface area contributed by atoms with Gasteiger partial charge in [-0.2, -0.15) is 0 Å². The number of hydrogen-bond donors (Lipinski definition) is 0. The maximum atomic E-state index is 13.9. The molecule has 0 radical (unpaired) electrons. The molecule has 1 heterocycles. The van der Waals surface area contributed by atoms with Gasteiger partial charge in [-0.15, -0.1) is 0 Å². The Bertz CT molecular complexity index is 803. The molecule has 0 saturated carbocycles. The first-order valence-corrected chi connectivity index (χ1v) is 8.90. The van der Waals surface area contributed by atoms with Crippen LogP contribution in [-0.2, 0) is 11.2 Å². The second kappa shape index (κ2) is 7.47. The van der Waals surface area contributed by atoms with Gasteiger partial charge in [0.05, 0.1) is 9.93 Å². The van der Waals surface area contributed by atoms with Gasteiger partial charge < -0.3 is 0 Å². The zero-order valence-corrected chi connectivity index (χ0v) is 14.9. The van der Waals surface area contributed by atoms with E-state index in [4.69, 9.17) is 23.8 Å². The summed E-state index contributed by atoms with van der Waals surface area (Å²) in [5.74, 6) is -0.669. The Labute approximate surface area is 154 Å². The van der Waals surface area contributed by atoms with E-state index in [1.807, 2.05) is 30.3 Å². The molecule has 0 bridgehead atoms. The molecule has 1 saturated heterocycles. The van der Waals surface area contributed by atoms with E-state index in [1.165, 1.54) is 30.0 Å². The van der Waals surface area contributed by atoms with Gasteiger partial charge in [-0.1, -0.05) is 72.0 Å². The summed E-state index contributed by atoms with van der Waals surface area (Å²) in [7, 11) is 0. The maximum Gasteiger partial charge on any atom is 0.266 e. The molecule has 0 N–H and O–H groups in total. The predicted octanol–water partition coefficient (Wildman–Crippen LogP) is 4.92. The lowest BCUT2D eigenvalue weighted by Gasteiger charge is -2.14. The number of carbonyl (C=O) groups excluding carboxylic acids is 1. The Morgan fingerprint density at radius 1 is 1.17 bits per heavy atom. The van der Waals surface area contributed by atoms with Gasteiger partial charge in [0.15, 0.2) is 0 Å². The van der Waals surface area contributed by atoms with Crippen LogP contribution in [-0.4, -0.2) is 21.7 Å². The van der Waals surface area contributed by atoms with Crippen molar-refractivity contribution in [2.75, 3.05) is 6.54 Å². The van der Waals surface area contributed by atoms with Crippen LogP contribution in [0.5, 0.6) is 0 Å².